The number of hydrogen-bond acceptors (Lipinski definition) is 3. The summed E-state index contributed by atoms with van der Waals surface area (Å²) in [5.41, 5.74) is 1.12. The Kier molecular flexibility index (Phi) is 6.67. The summed E-state index contributed by atoms with van der Waals surface area (Å²) in [6.45, 7) is 6.82. The normalized spacial score (nSPS) is 20.1. The van der Waals surface area contributed by atoms with Crippen molar-refractivity contribution in [3.8, 4) is 0 Å². The van der Waals surface area contributed by atoms with Gasteiger partial charge in [0.15, 0.2) is 0 Å². The summed E-state index contributed by atoms with van der Waals surface area (Å²) >= 11 is 0. The molecular weight excluding hydrogens is 326 g/mol. The molecule has 2 fully saturated rings. The van der Waals surface area contributed by atoms with Crippen LogP contribution in [0, 0.1) is 11.8 Å². The van der Waals surface area contributed by atoms with Crippen LogP contribution in [-0.4, -0.2) is 54.3 Å². The van der Waals surface area contributed by atoms with E-state index in [0.717, 1.165) is 63.3 Å². The van der Waals surface area contributed by atoms with Crippen LogP contribution in [0.5, 0.6) is 0 Å². The number of hydrogen-bond donors (Lipinski definition) is 1. The smallest absolute Gasteiger partial charge is 0.236 e. The Hall–Kier alpha value is -1.88. The van der Waals surface area contributed by atoms with Crippen molar-refractivity contribution >= 4 is 11.8 Å². The fourth-order valence-corrected chi connectivity index (χ4v) is 3.83. The van der Waals surface area contributed by atoms with E-state index in [0.29, 0.717) is 13.1 Å². The fraction of sp³-hybridized carbons (Fsp3) is 0.619. The topological polar surface area (TPSA) is 52.7 Å². The van der Waals surface area contributed by atoms with Gasteiger partial charge in [0.25, 0.3) is 0 Å². The van der Waals surface area contributed by atoms with E-state index in [1.54, 1.807) is 0 Å². The van der Waals surface area contributed by atoms with E-state index >= 15 is 0 Å². The van der Waals surface area contributed by atoms with Gasteiger partial charge in [-0.2, -0.15) is 0 Å². The summed E-state index contributed by atoms with van der Waals surface area (Å²) in [6, 6.07) is 10.00. The number of carbonyl (C=O) groups is 2. The molecule has 5 heteroatoms. The van der Waals surface area contributed by atoms with Crippen LogP contribution >= 0.6 is 0 Å². The highest BCUT2D eigenvalue weighted by molar-refractivity contribution is 5.79. The molecule has 0 saturated carbocycles. The molecule has 0 spiro atoms. The van der Waals surface area contributed by atoms with Crippen molar-refractivity contribution < 1.29 is 9.59 Å². The van der Waals surface area contributed by atoms with Gasteiger partial charge in [-0.15, -0.1) is 0 Å². The Morgan fingerprint density at radius 2 is 1.65 bits per heavy atom. The number of piperidine rings is 2. The lowest BCUT2D eigenvalue weighted by atomic mass is 9.95. The van der Waals surface area contributed by atoms with Gasteiger partial charge in [-0.3, -0.25) is 14.5 Å². The van der Waals surface area contributed by atoms with Crippen LogP contribution in [-0.2, 0) is 16.1 Å². The average molecular weight is 357 g/mol. The maximum atomic E-state index is 12.5. The number of nitrogens with zero attached hydrogens (tertiary/aromatic N) is 2. The van der Waals surface area contributed by atoms with E-state index in [1.807, 2.05) is 35.2 Å². The van der Waals surface area contributed by atoms with Crippen LogP contribution in [0.25, 0.3) is 0 Å². The Morgan fingerprint density at radius 1 is 1.00 bits per heavy atom. The number of amides is 2. The lowest BCUT2D eigenvalue weighted by Crippen LogP contribution is -2.47. The zero-order valence-electron chi connectivity index (χ0n) is 15.8. The van der Waals surface area contributed by atoms with Gasteiger partial charge in [-0.25, -0.2) is 0 Å². The van der Waals surface area contributed by atoms with Crippen LogP contribution < -0.4 is 5.32 Å². The van der Waals surface area contributed by atoms with Gasteiger partial charge in [-0.05, 0) is 50.3 Å². The molecule has 0 bridgehead atoms. The minimum atomic E-state index is 0.0703. The molecule has 2 aliphatic heterocycles. The van der Waals surface area contributed by atoms with E-state index < -0.39 is 0 Å². The highest BCUT2D eigenvalue weighted by atomic mass is 16.2. The molecule has 2 aliphatic rings. The van der Waals surface area contributed by atoms with Crippen LogP contribution in [0.1, 0.15) is 38.2 Å². The van der Waals surface area contributed by atoms with Crippen molar-refractivity contribution in [2.24, 2.45) is 11.8 Å². The summed E-state index contributed by atoms with van der Waals surface area (Å²) in [4.78, 5) is 29.0. The van der Waals surface area contributed by atoms with Gasteiger partial charge in [0.1, 0.15) is 0 Å². The number of benzene rings is 1. The van der Waals surface area contributed by atoms with Crippen LogP contribution in [0.2, 0.25) is 0 Å². The zero-order valence-corrected chi connectivity index (χ0v) is 15.8. The van der Waals surface area contributed by atoms with Crippen LogP contribution in [0.15, 0.2) is 30.3 Å². The van der Waals surface area contributed by atoms with Crippen LogP contribution in [0.3, 0.4) is 0 Å². The zero-order chi connectivity index (χ0) is 18.4. The SMILES string of the molecule is CC1CCN(C(=O)CN2CCC(C(=O)NCc3ccccc3)CC2)CC1. The van der Waals surface area contributed by atoms with Crippen molar-refractivity contribution in [1.29, 1.82) is 0 Å². The standard InChI is InChI=1S/C21H31N3O2/c1-17-7-13-24(14-8-17)20(25)16-23-11-9-19(10-12-23)21(26)22-15-18-5-3-2-4-6-18/h2-6,17,19H,7-16H2,1H3,(H,22,26). The van der Waals surface area contributed by atoms with E-state index in [4.69, 9.17) is 0 Å². The highest BCUT2D eigenvalue weighted by Crippen LogP contribution is 2.19. The number of likely N-dealkylation sites (tertiary alicyclic amines) is 2. The molecule has 0 aromatic heterocycles. The fourth-order valence-electron chi connectivity index (χ4n) is 3.83. The van der Waals surface area contributed by atoms with Crippen molar-refractivity contribution in [1.82, 2.24) is 15.1 Å². The predicted molar refractivity (Wildman–Crippen MR) is 102 cm³/mol. The highest BCUT2D eigenvalue weighted by Gasteiger charge is 2.27. The third-order valence-corrected chi connectivity index (χ3v) is 5.76. The predicted octanol–water partition coefficient (Wildman–Crippen LogP) is 2.27. The maximum Gasteiger partial charge on any atom is 0.236 e. The minimum absolute atomic E-state index is 0.0703. The van der Waals surface area contributed by atoms with Gasteiger partial charge in [0.2, 0.25) is 11.8 Å². The van der Waals surface area contributed by atoms with E-state index in [9.17, 15) is 9.59 Å². The quantitative estimate of drug-likeness (QED) is 0.880. The molecule has 2 amide bonds. The molecule has 5 nitrogen and oxygen atoms in total. The number of carbonyl (C=O) groups excluding carboxylic acids is 2. The summed E-state index contributed by atoms with van der Waals surface area (Å²) < 4.78 is 0. The molecule has 1 N–H and O–H groups in total. The summed E-state index contributed by atoms with van der Waals surface area (Å²) in [5.74, 6) is 1.21. The van der Waals surface area contributed by atoms with E-state index in [-0.39, 0.29) is 17.7 Å². The second kappa shape index (κ2) is 9.17. The molecule has 3 rings (SSSR count). The van der Waals surface area contributed by atoms with Gasteiger partial charge in [0, 0.05) is 25.6 Å². The number of nitrogens with one attached hydrogen (secondary N) is 1. The van der Waals surface area contributed by atoms with Crippen molar-refractivity contribution in [3.63, 3.8) is 0 Å². The molecule has 1 aromatic carbocycles. The first-order valence-electron chi connectivity index (χ1n) is 9.93. The lowest BCUT2D eigenvalue weighted by molar-refractivity contribution is -0.134. The summed E-state index contributed by atoms with van der Waals surface area (Å²) in [7, 11) is 0. The molecule has 142 valence electrons. The van der Waals surface area contributed by atoms with E-state index in [1.165, 1.54) is 0 Å². The molecule has 0 atom stereocenters. The number of rotatable bonds is 5. The van der Waals surface area contributed by atoms with Gasteiger partial charge in [0.05, 0.1) is 6.54 Å². The van der Waals surface area contributed by atoms with Crippen molar-refractivity contribution in [2.45, 2.75) is 39.2 Å². The van der Waals surface area contributed by atoms with Gasteiger partial charge in [-0.1, -0.05) is 37.3 Å². The second-order valence-corrected chi connectivity index (χ2v) is 7.82. The van der Waals surface area contributed by atoms with E-state index in [2.05, 4.69) is 17.1 Å². The Morgan fingerprint density at radius 3 is 2.31 bits per heavy atom. The molecule has 26 heavy (non-hydrogen) atoms. The summed E-state index contributed by atoms with van der Waals surface area (Å²) in [5, 5.41) is 3.05. The third-order valence-electron chi connectivity index (χ3n) is 5.76. The maximum absolute atomic E-state index is 12.5. The summed E-state index contributed by atoms with van der Waals surface area (Å²) in [6.07, 6.45) is 3.92. The monoisotopic (exact) mass is 357 g/mol. The van der Waals surface area contributed by atoms with Gasteiger partial charge >= 0.3 is 0 Å². The molecule has 0 radical (unpaired) electrons. The average Bonchev–Trinajstić information content (AvgIpc) is 2.68. The molecule has 2 heterocycles. The molecule has 0 aliphatic carbocycles. The Labute approximate surface area is 156 Å². The first kappa shape index (κ1) is 18.9. The molecule has 1 aromatic rings. The Balaban J connectivity index is 1.37. The Bertz CT molecular complexity index is 589. The molecule has 2 saturated heterocycles. The molecular formula is C21H31N3O2. The molecule has 0 unspecified atom stereocenters. The third kappa shape index (κ3) is 5.31. The van der Waals surface area contributed by atoms with Crippen molar-refractivity contribution in [2.75, 3.05) is 32.7 Å². The largest absolute Gasteiger partial charge is 0.352 e. The first-order valence-corrected chi connectivity index (χ1v) is 9.93. The van der Waals surface area contributed by atoms with Gasteiger partial charge < -0.3 is 10.2 Å². The lowest BCUT2D eigenvalue weighted by Gasteiger charge is -2.34. The second-order valence-electron chi connectivity index (χ2n) is 7.82. The first-order chi connectivity index (χ1) is 12.6. The van der Waals surface area contributed by atoms with Crippen molar-refractivity contribution in [3.05, 3.63) is 35.9 Å². The minimum Gasteiger partial charge on any atom is -0.352 e. The van der Waals surface area contributed by atoms with Crippen LogP contribution in [0.4, 0.5) is 0 Å².